The molecule has 21 heavy (non-hydrogen) atoms. The smallest absolute Gasteiger partial charge is 0.336 e. The molecule has 2 atom stereocenters. The maximum absolute atomic E-state index is 11.3. The Bertz CT molecular complexity index is 674. The number of aromatic carboxylic acids is 1. The van der Waals surface area contributed by atoms with Crippen LogP contribution in [0.2, 0.25) is 0 Å². The van der Waals surface area contributed by atoms with Gasteiger partial charge in [0.15, 0.2) is 0 Å². The van der Waals surface area contributed by atoms with E-state index in [9.17, 15) is 9.90 Å². The van der Waals surface area contributed by atoms with E-state index in [1.807, 2.05) is 18.2 Å². The molecule has 1 aromatic carbocycles. The molecule has 0 radical (unpaired) electrons. The molecule has 2 unspecified atom stereocenters. The van der Waals surface area contributed by atoms with Gasteiger partial charge in [-0.1, -0.05) is 6.07 Å². The first-order chi connectivity index (χ1) is 10.1. The van der Waals surface area contributed by atoms with Gasteiger partial charge in [0.25, 0.3) is 0 Å². The second kappa shape index (κ2) is 5.35. The number of hydrogen-bond acceptors (Lipinski definition) is 3. The van der Waals surface area contributed by atoms with E-state index in [2.05, 4.69) is 18.7 Å². The second-order valence-electron chi connectivity index (χ2n) is 5.88. The van der Waals surface area contributed by atoms with Crippen LogP contribution in [0.4, 0.5) is 5.82 Å². The summed E-state index contributed by atoms with van der Waals surface area (Å²) in [6.07, 6.45) is 3.62. The lowest BCUT2D eigenvalue weighted by atomic mass is 9.97. The standard InChI is InChI=1S/C17H20N2O2/c1-11-5-3-6-12(2)19(11)16-10-9-13-14(17(20)21)7-4-8-15(13)18-16/h4,7-12H,3,5-6H2,1-2H3,(H,20,21). The number of anilines is 1. The maximum atomic E-state index is 11.3. The molecule has 1 N–H and O–H groups in total. The van der Waals surface area contributed by atoms with E-state index in [1.165, 1.54) is 19.3 Å². The van der Waals surface area contributed by atoms with Gasteiger partial charge in [0.1, 0.15) is 5.82 Å². The first-order valence-electron chi connectivity index (χ1n) is 7.49. The molecule has 1 aliphatic heterocycles. The zero-order chi connectivity index (χ0) is 15.0. The van der Waals surface area contributed by atoms with Crippen LogP contribution < -0.4 is 4.90 Å². The van der Waals surface area contributed by atoms with Crippen molar-refractivity contribution in [1.82, 2.24) is 4.98 Å². The number of benzene rings is 1. The fourth-order valence-corrected chi connectivity index (χ4v) is 3.35. The molecule has 0 spiro atoms. The summed E-state index contributed by atoms with van der Waals surface area (Å²) >= 11 is 0. The number of carboxylic acids is 1. The Morgan fingerprint density at radius 2 is 1.90 bits per heavy atom. The molecule has 0 aliphatic carbocycles. The SMILES string of the molecule is CC1CCCC(C)N1c1ccc2c(C(=O)O)cccc2n1. The summed E-state index contributed by atoms with van der Waals surface area (Å²) in [5.74, 6) is 0.0413. The van der Waals surface area contributed by atoms with Crippen LogP contribution in [0.5, 0.6) is 0 Å². The fraction of sp³-hybridized carbons (Fsp3) is 0.412. The molecule has 0 saturated carbocycles. The number of carbonyl (C=O) groups is 1. The van der Waals surface area contributed by atoms with Crippen LogP contribution >= 0.6 is 0 Å². The van der Waals surface area contributed by atoms with Crippen molar-refractivity contribution in [2.75, 3.05) is 4.90 Å². The average molecular weight is 284 g/mol. The molecule has 2 heterocycles. The topological polar surface area (TPSA) is 53.4 Å². The fourth-order valence-electron chi connectivity index (χ4n) is 3.35. The second-order valence-corrected chi connectivity index (χ2v) is 5.88. The summed E-state index contributed by atoms with van der Waals surface area (Å²) in [5.41, 5.74) is 1.06. The van der Waals surface area contributed by atoms with E-state index in [0.717, 1.165) is 11.3 Å². The van der Waals surface area contributed by atoms with E-state index in [-0.39, 0.29) is 0 Å². The number of carboxylic acid groups (broad SMARTS) is 1. The number of rotatable bonds is 2. The minimum absolute atomic E-state index is 0.311. The van der Waals surface area contributed by atoms with Crippen molar-refractivity contribution in [2.24, 2.45) is 0 Å². The van der Waals surface area contributed by atoms with Crippen molar-refractivity contribution in [3.8, 4) is 0 Å². The molecule has 1 saturated heterocycles. The Hall–Kier alpha value is -2.10. The number of nitrogens with zero attached hydrogens (tertiary/aromatic N) is 2. The number of hydrogen-bond donors (Lipinski definition) is 1. The van der Waals surface area contributed by atoms with Gasteiger partial charge in [0.05, 0.1) is 11.1 Å². The van der Waals surface area contributed by atoms with E-state index in [1.54, 1.807) is 12.1 Å². The normalized spacial score (nSPS) is 22.5. The summed E-state index contributed by atoms with van der Waals surface area (Å²) < 4.78 is 0. The molecule has 4 heteroatoms. The number of fused-ring (bicyclic) bond motifs is 1. The van der Waals surface area contributed by atoms with Crippen molar-refractivity contribution < 1.29 is 9.90 Å². The van der Waals surface area contributed by atoms with Crippen LogP contribution in [0, 0.1) is 0 Å². The van der Waals surface area contributed by atoms with E-state index < -0.39 is 5.97 Å². The number of aromatic nitrogens is 1. The molecular weight excluding hydrogens is 264 g/mol. The quantitative estimate of drug-likeness (QED) is 0.913. The highest BCUT2D eigenvalue weighted by Gasteiger charge is 2.26. The Balaban J connectivity index is 2.07. The van der Waals surface area contributed by atoms with Crippen molar-refractivity contribution in [3.63, 3.8) is 0 Å². The zero-order valence-corrected chi connectivity index (χ0v) is 12.4. The van der Waals surface area contributed by atoms with Gasteiger partial charge >= 0.3 is 5.97 Å². The van der Waals surface area contributed by atoms with Crippen molar-refractivity contribution >= 4 is 22.7 Å². The van der Waals surface area contributed by atoms with E-state index in [0.29, 0.717) is 23.0 Å². The molecule has 4 nitrogen and oxygen atoms in total. The first kappa shape index (κ1) is 13.9. The summed E-state index contributed by atoms with van der Waals surface area (Å²) in [6, 6.07) is 10.0. The Labute approximate surface area is 124 Å². The molecule has 2 aromatic rings. The predicted molar refractivity (Wildman–Crippen MR) is 84.0 cm³/mol. The maximum Gasteiger partial charge on any atom is 0.336 e. The molecule has 3 rings (SSSR count). The molecular formula is C17H20N2O2. The Morgan fingerprint density at radius 1 is 1.19 bits per heavy atom. The third-order valence-corrected chi connectivity index (χ3v) is 4.41. The van der Waals surface area contributed by atoms with Crippen molar-refractivity contribution in [3.05, 3.63) is 35.9 Å². The van der Waals surface area contributed by atoms with Gasteiger partial charge in [-0.2, -0.15) is 0 Å². The number of pyridine rings is 1. The van der Waals surface area contributed by atoms with E-state index in [4.69, 9.17) is 4.98 Å². The van der Waals surface area contributed by atoms with Crippen LogP contribution in [0.3, 0.4) is 0 Å². The monoisotopic (exact) mass is 284 g/mol. The molecule has 0 bridgehead atoms. The molecule has 110 valence electrons. The van der Waals surface area contributed by atoms with Gasteiger partial charge in [-0.3, -0.25) is 0 Å². The molecule has 1 fully saturated rings. The van der Waals surface area contributed by atoms with Gasteiger partial charge in [-0.15, -0.1) is 0 Å². The highest BCUT2D eigenvalue weighted by atomic mass is 16.4. The first-order valence-corrected chi connectivity index (χ1v) is 7.49. The lowest BCUT2D eigenvalue weighted by Gasteiger charge is -2.40. The minimum Gasteiger partial charge on any atom is -0.478 e. The van der Waals surface area contributed by atoms with Crippen molar-refractivity contribution in [2.45, 2.75) is 45.2 Å². The van der Waals surface area contributed by atoms with Gasteiger partial charge in [0.2, 0.25) is 0 Å². The Kier molecular flexibility index (Phi) is 3.53. The summed E-state index contributed by atoms with van der Waals surface area (Å²) in [7, 11) is 0. The van der Waals surface area contributed by atoms with Crippen LogP contribution in [-0.4, -0.2) is 28.1 Å². The van der Waals surface area contributed by atoms with Crippen LogP contribution in [0.15, 0.2) is 30.3 Å². The summed E-state index contributed by atoms with van der Waals surface area (Å²) in [6.45, 7) is 4.46. The predicted octanol–water partition coefficient (Wildman–Crippen LogP) is 3.70. The highest BCUT2D eigenvalue weighted by Crippen LogP contribution is 2.29. The van der Waals surface area contributed by atoms with Crippen molar-refractivity contribution in [1.29, 1.82) is 0 Å². The third-order valence-electron chi connectivity index (χ3n) is 4.41. The molecule has 1 aromatic heterocycles. The van der Waals surface area contributed by atoms with Crippen LogP contribution in [0.1, 0.15) is 43.5 Å². The van der Waals surface area contributed by atoms with Gasteiger partial charge in [-0.25, -0.2) is 9.78 Å². The average Bonchev–Trinajstić information content (AvgIpc) is 2.46. The molecule has 0 amide bonds. The highest BCUT2D eigenvalue weighted by molar-refractivity contribution is 6.02. The minimum atomic E-state index is -0.908. The lowest BCUT2D eigenvalue weighted by Crippen LogP contribution is -2.44. The summed E-state index contributed by atoms with van der Waals surface area (Å²) in [5, 5.41) is 9.95. The third kappa shape index (κ3) is 2.46. The van der Waals surface area contributed by atoms with E-state index >= 15 is 0 Å². The number of piperidine rings is 1. The Morgan fingerprint density at radius 3 is 2.57 bits per heavy atom. The zero-order valence-electron chi connectivity index (χ0n) is 12.4. The van der Waals surface area contributed by atoms with Gasteiger partial charge in [0, 0.05) is 17.5 Å². The molecule has 1 aliphatic rings. The van der Waals surface area contributed by atoms with Crippen LogP contribution in [0.25, 0.3) is 10.9 Å². The van der Waals surface area contributed by atoms with Gasteiger partial charge in [-0.05, 0) is 57.4 Å². The summed E-state index contributed by atoms with van der Waals surface area (Å²) in [4.78, 5) is 18.3. The van der Waals surface area contributed by atoms with Crippen LogP contribution in [-0.2, 0) is 0 Å². The largest absolute Gasteiger partial charge is 0.478 e. The van der Waals surface area contributed by atoms with Gasteiger partial charge < -0.3 is 10.0 Å². The lowest BCUT2D eigenvalue weighted by molar-refractivity contribution is 0.0699.